The molecule has 0 amide bonds. The Morgan fingerprint density at radius 1 is 1.33 bits per heavy atom. The molecule has 0 saturated carbocycles. The summed E-state index contributed by atoms with van der Waals surface area (Å²) in [6.07, 6.45) is 4.87. The molecule has 0 bridgehead atoms. The Labute approximate surface area is 113 Å². The maximum absolute atomic E-state index is 9.38. The molecule has 18 heavy (non-hydrogen) atoms. The Morgan fingerprint density at radius 2 is 2.06 bits per heavy atom. The van der Waals surface area contributed by atoms with E-state index >= 15 is 0 Å². The Hall–Kier alpha value is -0.590. The Kier molecular flexibility index (Phi) is 5.62. The second-order valence-electron chi connectivity index (χ2n) is 6.66. The second kappa shape index (κ2) is 6.54. The molecule has 0 aromatic rings. The summed E-state index contributed by atoms with van der Waals surface area (Å²) in [4.78, 5) is 2.46. The summed E-state index contributed by atoms with van der Waals surface area (Å²) in [5.41, 5.74) is 0.0686. The summed E-state index contributed by atoms with van der Waals surface area (Å²) in [6.45, 7) is 12.9. The number of rotatable bonds is 5. The van der Waals surface area contributed by atoms with Crippen LogP contribution in [0.4, 0.5) is 0 Å². The highest BCUT2D eigenvalue weighted by Crippen LogP contribution is 2.30. The van der Waals surface area contributed by atoms with Gasteiger partial charge in [0.25, 0.3) is 0 Å². The van der Waals surface area contributed by atoms with Gasteiger partial charge in [-0.05, 0) is 57.7 Å². The van der Waals surface area contributed by atoms with E-state index in [-0.39, 0.29) is 0 Å². The normalized spacial score (nSPS) is 23.9. The molecule has 0 aliphatic carbocycles. The van der Waals surface area contributed by atoms with E-state index in [0.717, 1.165) is 32.6 Å². The van der Waals surface area contributed by atoms with Crippen LogP contribution in [0.1, 0.15) is 53.4 Å². The molecule has 0 aromatic heterocycles. The highest BCUT2D eigenvalue weighted by Gasteiger charge is 2.29. The molecule has 0 radical (unpaired) electrons. The number of hydrogen-bond donors (Lipinski definition) is 1. The largest absolute Gasteiger partial charge is 0.300 e. The highest BCUT2D eigenvalue weighted by atomic mass is 15.2. The van der Waals surface area contributed by atoms with Gasteiger partial charge in [-0.25, -0.2) is 0 Å². The number of nitriles is 1. The molecule has 1 heterocycles. The van der Waals surface area contributed by atoms with Gasteiger partial charge in [-0.15, -0.1) is 0 Å². The molecule has 3 nitrogen and oxygen atoms in total. The van der Waals surface area contributed by atoms with Crippen molar-refractivity contribution in [3.63, 3.8) is 0 Å². The van der Waals surface area contributed by atoms with E-state index in [2.05, 4.69) is 37.1 Å². The molecule has 3 heteroatoms. The van der Waals surface area contributed by atoms with E-state index in [4.69, 9.17) is 0 Å². The maximum Gasteiger partial charge on any atom is 0.116 e. The zero-order valence-electron chi connectivity index (χ0n) is 12.6. The summed E-state index contributed by atoms with van der Waals surface area (Å²) < 4.78 is 0. The first-order chi connectivity index (χ1) is 8.41. The quantitative estimate of drug-likeness (QED) is 0.816. The van der Waals surface area contributed by atoms with Crippen LogP contribution in [0.25, 0.3) is 0 Å². The van der Waals surface area contributed by atoms with Crippen LogP contribution >= 0.6 is 0 Å². The van der Waals surface area contributed by atoms with Crippen LogP contribution in [0, 0.1) is 16.7 Å². The number of likely N-dealkylation sites (tertiary alicyclic amines) is 1. The lowest BCUT2D eigenvalue weighted by Crippen LogP contribution is -2.51. The summed E-state index contributed by atoms with van der Waals surface area (Å²) in [6, 6.07) is 2.45. The van der Waals surface area contributed by atoms with Gasteiger partial charge in [0.1, 0.15) is 5.54 Å². The zero-order chi connectivity index (χ0) is 13.6. The summed E-state index contributed by atoms with van der Waals surface area (Å²) in [7, 11) is 0. The lowest BCUT2D eigenvalue weighted by atomic mass is 9.85. The minimum Gasteiger partial charge on any atom is -0.300 e. The van der Waals surface area contributed by atoms with Crippen LogP contribution in [0.15, 0.2) is 0 Å². The topological polar surface area (TPSA) is 39.1 Å². The first-order valence-corrected chi connectivity index (χ1v) is 7.29. The SMILES string of the molecule is CCCNC(C)(C#N)CN1CCCC(C)(C)CC1. The number of nitrogens with zero attached hydrogens (tertiary/aromatic N) is 2. The molecule has 1 aliphatic rings. The lowest BCUT2D eigenvalue weighted by molar-refractivity contribution is 0.217. The molecule has 1 fully saturated rings. The molecule has 0 aromatic carbocycles. The molecule has 1 aliphatic heterocycles. The monoisotopic (exact) mass is 251 g/mol. The van der Waals surface area contributed by atoms with Gasteiger partial charge in [0.15, 0.2) is 0 Å². The maximum atomic E-state index is 9.38. The summed E-state index contributed by atoms with van der Waals surface area (Å²) in [5, 5.41) is 12.8. The van der Waals surface area contributed by atoms with Gasteiger partial charge in [0.05, 0.1) is 6.07 Å². The van der Waals surface area contributed by atoms with Gasteiger partial charge >= 0.3 is 0 Å². The fourth-order valence-electron chi connectivity index (χ4n) is 2.62. The first kappa shape index (κ1) is 15.5. The number of nitrogens with one attached hydrogen (secondary N) is 1. The lowest BCUT2D eigenvalue weighted by Gasteiger charge is -2.31. The number of hydrogen-bond acceptors (Lipinski definition) is 3. The van der Waals surface area contributed by atoms with Crippen molar-refractivity contribution in [2.24, 2.45) is 5.41 Å². The predicted octanol–water partition coefficient (Wildman–Crippen LogP) is 2.78. The molecular formula is C15H29N3. The summed E-state index contributed by atoms with van der Waals surface area (Å²) in [5.74, 6) is 0. The molecule has 1 saturated heterocycles. The van der Waals surface area contributed by atoms with Crippen LogP contribution in [-0.2, 0) is 0 Å². The molecule has 0 spiro atoms. The van der Waals surface area contributed by atoms with Gasteiger partial charge in [-0.2, -0.15) is 5.26 Å². The summed E-state index contributed by atoms with van der Waals surface area (Å²) >= 11 is 0. The van der Waals surface area contributed by atoms with Crippen LogP contribution in [0.5, 0.6) is 0 Å². The fourth-order valence-corrected chi connectivity index (χ4v) is 2.62. The van der Waals surface area contributed by atoms with E-state index in [0.29, 0.717) is 5.41 Å². The third-order valence-corrected chi connectivity index (χ3v) is 3.98. The van der Waals surface area contributed by atoms with E-state index in [1.54, 1.807) is 0 Å². The van der Waals surface area contributed by atoms with Gasteiger partial charge in [0, 0.05) is 6.54 Å². The van der Waals surface area contributed by atoms with Crippen molar-refractivity contribution in [1.29, 1.82) is 5.26 Å². The molecule has 104 valence electrons. The minimum atomic E-state index is -0.398. The predicted molar refractivity (Wildman–Crippen MR) is 76.4 cm³/mol. The van der Waals surface area contributed by atoms with Crippen molar-refractivity contribution in [2.45, 2.75) is 58.9 Å². The van der Waals surface area contributed by atoms with Crippen LogP contribution in [0.2, 0.25) is 0 Å². The molecule has 1 unspecified atom stereocenters. The van der Waals surface area contributed by atoms with Gasteiger partial charge < -0.3 is 4.90 Å². The van der Waals surface area contributed by atoms with Crippen molar-refractivity contribution < 1.29 is 0 Å². The van der Waals surface area contributed by atoms with Crippen molar-refractivity contribution in [3.05, 3.63) is 0 Å². The smallest absolute Gasteiger partial charge is 0.116 e. The average Bonchev–Trinajstić information content (AvgIpc) is 2.48. The van der Waals surface area contributed by atoms with E-state index in [9.17, 15) is 5.26 Å². The van der Waals surface area contributed by atoms with E-state index in [1.165, 1.54) is 19.3 Å². The van der Waals surface area contributed by atoms with Crippen LogP contribution in [-0.4, -0.2) is 36.6 Å². The minimum absolute atomic E-state index is 0.398. The Bertz CT molecular complexity index is 293. The van der Waals surface area contributed by atoms with Crippen molar-refractivity contribution in [2.75, 3.05) is 26.2 Å². The van der Waals surface area contributed by atoms with E-state index < -0.39 is 5.54 Å². The average molecular weight is 251 g/mol. The fraction of sp³-hybridized carbons (Fsp3) is 0.933. The third kappa shape index (κ3) is 4.96. The Morgan fingerprint density at radius 3 is 2.67 bits per heavy atom. The first-order valence-electron chi connectivity index (χ1n) is 7.29. The van der Waals surface area contributed by atoms with Crippen molar-refractivity contribution in [3.8, 4) is 6.07 Å². The van der Waals surface area contributed by atoms with Gasteiger partial charge in [-0.3, -0.25) is 5.32 Å². The molecule has 1 atom stereocenters. The highest BCUT2D eigenvalue weighted by molar-refractivity contribution is 5.06. The zero-order valence-corrected chi connectivity index (χ0v) is 12.6. The van der Waals surface area contributed by atoms with Crippen LogP contribution in [0.3, 0.4) is 0 Å². The Balaban J connectivity index is 2.52. The van der Waals surface area contributed by atoms with Crippen molar-refractivity contribution >= 4 is 0 Å². The van der Waals surface area contributed by atoms with Gasteiger partial charge in [0.2, 0.25) is 0 Å². The standard InChI is InChI=1S/C15H29N3/c1-5-9-17-15(4,12-16)13-18-10-6-7-14(2,3)8-11-18/h17H,5-11,13H2,1-4H3. The van der Waals surface area contributed by atoms with Crippen molar-refractivity contribution in [1.82, 2.24) is 10.2 Å². The molecule has 1 N–H and O–H groups in total. The molecular weight excluding hydrogens is 222 g/mol. The van der Waals surface area contributed by atoms with Crippen LogP contribution < -0.4 is 5.32 Å². The second-order valence-corrected chi connectivity index (χ2v) is 6.66. The third-order valence-electron chi connectivity index (χ3n) is 3.98. The molecule has 1 rings (SSSR count). The van der Waals surface area contributed by atoms with Gasteiger partial charge in [-0.1, -0.05) is 20.8 Å². The van der Waals surface area contributed by atoms with E-state index in [1.807, 2.05) is 6.92 Å².